The number of aliphatic imine (C=N–C) groups is 1. The first-order valence-electron chi connectivity index (χ1n) is 23.3. The SMILES string of the molecule is CC1(C)C2C=CCCC2N(C2=NC(c3ccccc3)C3C=CCCC3N2)C2C3=C(C4=C(C=CCC4)C3[C@H]3C=CC=CC3)C3C(C4=CCCC=C4)C4=C(C=CCC4)C3C21. The Kier molecular flexibility index (Phi) is 8.49. The van der Waals surface area contributed by atoms with Crippen LogP contribution >= 0.6 is 0 Å². The van der Waals surface area contributed by atoms with Crippen molar-refractivity contribution in [3.05, 3.63) is 166 Å². The molecule has 0 aromatic heterocycles. The molecule has 2 heterocycles. The van der Waals surface area contributed by atoms with Gasteiger partial charge in [-0.25, -0.2) is 4.99 Å². The molecule has 58 heavy (non-hydrogen) atoms. The van der Waals surface area contributed by atoms with E-state index in [9.17, 15) is 0 Å². The first-order chi connectivity index (χ1) is 28.6. The number of fused-ring (bicyclic) bond motifs is 9. The Morgan fingerprint density at radius 3 is 2.41 bits per heavy atom. The van der Waals surface area contributed by atoms with E-state index < -0.39 is 0 Å². The Morgan fingerprint density at radius 1 is 0.741 bits per heavy atom. The van der Waals surface area contributed by atoms with Gasteiger partial charge >= 0.3 is 0 Å². The van der Waals surface area contributed by atoms with Crippen molar-refractivity contribution in [2.24, 2.45) is 57.8 Å². The normalized spacial score (nSPS) is 39.9. The Bertz CT molecular complexity index is 2260. The Balaban J connectivity index is 1.14. The van der Waals surface area contributed by atoms with E-state index in [0.717, 1.165) is 32.1 Å². The van der Waals surface area contributed by atoms with Crippen LogP contribution in [0.15, 0.2) is 165 Å². The van der Waals surface area contributed by atoms with Crippen molar-refractivity contribution in [1.82, 2.24) is 10.2 Å². The Morgan fingerprint density at radius 2 is 1.57 bits per heavy atom. The van der Waals surface area contributed by atoms with Gasteiger partial charge in [0.25, 0.3) is 0 Å². The fourth-order valence-electron chi connectivity index (χ4n) is 14.9. The number of hydrogen-bond donors (Lipinski definition) is 1. The summed E-state index contributed by atoms with van der Waals surface area (Å²) >= 11 is 0. The van der Waals surface area contributed by atoms with E-state index in [1.165, 1.54) is 50.0 Å². The molecule has 0 saturated carbocycles. The number of allylic oxidation sites excluding steroid dienone is 19. The highest BCUT2D eigenvalue weighted by Crippen LogP contribution is 2.70. The maximum Gasteiger partial charge on any atom is 0.195 e. The average Bonchev–Trinajstić information content (AvgIpc) is 3.81. The summed E-state index contributed by atoms with van der Waals surface area (Å²) in [4.78, 5) is 9.05. The molecule has 3 nitrogen and oxygen atoms in total. The van der Waals surface area contributed by atoms with E-state index in [0.29, 0.717) is 59.4 Å². The van der Waals surface area contributed by atoms with Gasteiger partial charge in [0.1, 0.15) is 0 Å². The molecule has 1 saturated heterocycles. The zero-order valence-electron chi connectivity index (χ0n) is 34.6. The molecule has 9 aliphatic carbocycles. The number of hydrogen-bond acceptors (Lipinski definition) is 3. The van der Waals surface area contributed by atoms with E-state index >= 15 is 0 Å². The third kappa shape index (κ3) is 5.19. The lowest BCUT2D eigenvalue weighted by molar-refractivity contribution is -0.0682. The number of nitrogens with zero attached hydrogens (tertiary/aromatic N) is 2. The maximum absolute atomic E-state index is 6.02. The summed E-state index contributed by atoms with van der Waals surface area (Å²) in [6, 6.07) is 12.5. The number of benzene rings is 1. The van der Waals surface area contributed by atoms with E-state index in [4.69, 9.17) is 4.99 Å². The molecule has 11 unspecified atom stereocenters. The molecule has 0 amide bonds. The molecule has 12 rings (SSSR count). The minimum Gasteiger partial charge on any atom is -0.353 e. The standard InChI is InChI=1S/C55H61N3/c1-55(2)42-31-17-19-33-44(42)58(54-56-43-32-18-16-30-41(43)52(57-54)36-24-10-5-11-25-36)53-50-46(35-22-8-4-9-23-35)37-26-12-14-28-39(37)47(50)49-45(34-20-6-3-7-21-34)38-27-13-15-29-40(38)48(49)51(53)55/h4-6,8-12,15-17,20-22,24-26,29-31,35,41-46,48-49,51-53H,3,7,13-14,18-19,23,27-28,32-33H2,1-2H3,(H,56,57)/t35-,41?,42?,43?,44?,45?,46?,48?,49?,51?,52?,53?/m0/s1. The fraction of sp³-hybridized carbons (Fsp3) is 0.473. The van der Waals surface area contributed by atoms with Crippen molar-refractivity contribution in [3.8, 4) is 0 Å². The summed E-state index contributed by atoms with van der Waals surface area (Å²) < 4.78 is 0. The molecule has 1 aromatic rings. The molecule has 3 heteroatoms. The highest BCUT2D eigenvalue weighted by molar-refractivity contribution is 5.84. The molecule has 11 aliphatic rings. The molecule has 2 aliphatic heterocycles. The van der Waals surface area contributed by atoms with Crippen LogP contribution < -0.4 is 5.32 Å². The quantitative estimate of drug-likeness (QED) is 0.311. The second-order valence-electron chi connectivity index (χ2n) is 20.0. The minimum absolute atomic E-state index is 0.0925. The molecule has 1 fully saturated rings. The van der Waals surface area contributed by atoms with Crippen LogP contribution in [-0.4, -0.2) is 29.0 Å². The summed E-state index contributed by atoms with van der Waals surface area (Å²) in [6.45, 7) is 5.42. The van der Waals surface area contributed by atoms with Gasteiger partial charge in [-0.2, -0.15) is 0 Å². The van der Waals surface area contributed by atoms with Crippen molar-refractivity contribution >= 4 is 5.96 Å². The lowest BCUT2D eigenvalue weighted by atomic mass is 9.48. The van der Waals surface area contributed by atoms with E-state index in [1.54, 1.807) is 39.0 Å². The van der Waals surface area contributed by atoms with Crippen LogP contribution in [0.3, 0.4) is 0 Å². The minimum atomic E-state index is 0.0925. The van der Waals surface area contributed by atoms with E-state index in [1.807, 2.05) is 0 Å². The molecular formula is C55H61N3. The monoisotopic (exact) mass is 763 g/mol. The molecule has 296 valence electrons. The largest absolute Gasteiger partial charge is 0.353 e. The van der Waals surface area contributed by atoms with Crippen molar-refractivity contribution in [2.45, 2.75) is 109 Å². The van der Waals surface area contributed by atoms with Gasteiger partial charge in [-0.3, -0.25) is 0 Å². The lowest BCUT2D eigenvalue weighted by Crippen LogP contribution is -2.70. The molecule has 0 spiro atoms. The van der Waals surface area contributed by atoms with Crippen LogP contribution in [0, 0.1) is 52.8 Å². The van der Waals surface area contributed by atoms with Crippen LogP contribution in [0.25, 0.3) is 0 Å². The lowest BCUT2D eigenvalue weighted by Gasteiger charge is -2.65. The fourth-order valence-corrected chi connectivity index (χ4v) is 14.9. The van der Waals surface area contributed by atoms with Gasteiger partial charge in [-0.15, -0.1) is 0 Å². The summed E-state index contributed by atoms with van der Waals surface area (Å²) in [7, 11) is 0. The summed E-state index contributed by atoms with van der Waals surface area (Å²) in [5, 5.41) is 4.31. The van der Waals surface area contributed by atoms with E-state index in [-0.39, 0.29) is 17.5 Å². The van der Waals surface area contributed by atoms with Crippen molar-refractivity contribution in [2.75, 3.05) is 0 Å². The zero-order valence-corrected chi connectivity index (χ0v) is 34.6. The van der Waals surface area contributed by atoms with Gasteiger partial charge in [0.05, 0.1) is 12.1 Å². The van der Waals surface area contributed by atoms with Gasteiger partial charge in [0.2, 0.25) is 0 Å². The van der Waals surface area contributed by atoms with Crippen LogP contribution in [0.4, 0.5) is 0 Å². The molecule has 1 N–H and O–H groups in total. The number of guanidine groups is 1. The van der Waals surface area contributed by atoms with Crippen molar-refractivity contribution in [3.63, 3.8) is 0 Å². The Labute approximate surface area is 347 Å². The highest BCUT2D eigenvalue weighted by Gasteiger charge is 2.66. The van der Waals surface area contributed by atoms with Gasteiger partial charge in [0, 0.05) is 41.7 Å². The van der Waals surface area contributed by atoms with Crippen LogP contribution in [-0.2, 0) is 0 Å². The highest BCUT2D eigenvalue weighted by atomic mass is 15.4. The molecule has 1 aromatic carbocycles. The van der Waals surface area contributed by atoms with Crippen LogP contribution in [0.5, 0.6) is 0 Å². The van der Waals surface area contributed by atoms with E-state index in [2.05, 4.69) is 146 Å². The predicted octanol–water partition coefficient (Wildman–Crippen LogP) is 12.2. The average molecular weight is 764 g/mol. The van der Waals surface area contributed by atoms with Crippen LogP contribution in [0.1, 0.15) is 96.1 Å². The van der Waals surface area contributed by atoms with Gasteiger partial charge < -0.3 is 10.2 Å². The number of likely N-dealkylation sites (tertiary alicyclic amines) is 1. The second kappa shape index (κ2) is 13.9. The van der Waals surface area contributed by atoms with Crippen LogP contribution in [0.2, 0.25) is 0 Å². The third-order valence-corrected chi connectivity index (χ3v) is 17.0. The zero-order chi connectivity index (χ0) is 38.5. The van der Waals surface area contributed by atoms with Gasteiger partial charge in [0.15, 0.2) is 5.96 Å². The second-order valence-corrected chi connectivity index (χ2v) is 20.0. The Hall–Kier alpha value is -4.37. The summed E-state index contributed by atoms with van der Waals surface area (Å²) in [5.41, 5.74) is 13.5. The molecular weight excluding hydrogens is 703 g/mol. The maximum atomic E-state index is 6.02. The third-order valence-electron chi connectivity index (χ3n) is 17.0. The first-order valence-corrected chi connectivity index (χ1v) is 23.3. The van der Waals surface area contributed by atoms with Crippen molar-refractivity contribution in [1.29, 1.82) is 0 Å². The number of rotatable bonds is 3. The molecule has 12 atom stereocenters. The summed E-state index contributed by atoms with van der Waals surface area (Å²) in [6.07, 6.45) is 50.7. The first kappa shape index (κ1) is 35.6. The predicted molar refractivity (Wildman–Crippen MR) is 239 cm³/mol. The van der Waals surface area contributed by atoms with Crippen molar-refractivity contribution < 1.29 is 0 Å². The number of nitrogens with one attached hydrogen (secondary N) is 1. The molecule has 0 bridgehead atoms. The smallest absolute Gasteiger partial charge is 0.195 e. The van der Waals surface area contributed by atoms with Gasteiger partial charge in [-0.1, -0.05) is 141 Å². The molecule has 0 radical (unpaired) electrons. The number of piperidine rings is 1. The van der Waals surface area contributed by atoms with Gasteiger partial charge in [-0.05, 0) is 133 Å². The summed E-state index contributed by atoms with van der Waals surface area (Å²) in [5.74, 6) is 4.78. The topological polar surface area (TPSA) is 27.6 Å².